The zero-order valence-electron chi connectivity index (χ0n) is 63.2. The summed E-state index contributed by atoms with van der Waals surface area (Å²) in [6, 6.07) is 144. The predicted octanol–water partition coefficient (Wildman–Crippen LogP) is 30.6. The predicted molar refractivity (Wildman–Crippen MR) is 479 cm³/mol. The van der Waals surface area contributed by atoms with Crippen molar-refractivity contribution in [3.8, 4) is 83.6 Å². The second-order valence-electron chi connectivity index (χ2n) is 31.1. The van der Waals surface area contributed by atoms with Gasteiger partial charge in [0, 0.05) is 103 Å². The normalized spacial score (nSPS) is 12.9. The third-order valence-corrected chi connectivity index (χ3v) is 25.1. The molecule has 0 saturated carbocycles. The number of rotatable bonds is 12. The Morgan fingerprint density at radius 3 is 1.19 bits per heavy atom. The molecule has 0 atom stereocenters. The topological polar surface area (TPSA) is 24.6 Å². The van der Waals surface area contributed by atoms with Crippen LogP contribution in [0.25, 0.3) is 147 Å². The molecule has 536 valence electrons. The van der Waals surface area contributed by atoms with Crippen LogP contribution in [0.2, 0.25) is 0 Å². The SMILES string of the molecule is CC1(C)c2cc(-c3ccc(N(c4ccc(-c5ccccc5)cc4)c4ccc(-c5ccccc5)cc4)cc3)ccc2-c2c1ccc1c2oc2ccccc21.CC1(C)c2cc(N(c3ccc(-c4ccccc4)cc3)c3ccc(-c4ccc5c(c4)c4ccccc4n5-c4ccccc4)cc3)ccc2-c2c1ccc1c2sc2ccccc21. The first kappa shape index (κ1) is 67.3. The third kappa shape index (κ3) is 11.4. The molecular weight excluding hydrogens is 1390 g/mol. The van der Waals surface area contributed by atoms with Gasteiger partial charge in [0.1, 0.15) is 11.2 Å². The molecule has 0 fully saturated rings. The van der Waals surface area contributed by atoms with Gasteiger partial charge in [0.2, 0.25) is 0 Å². The number of aromatic nitrogens is 1. The number of thiophene rings is 1. The van der Waals surface area contributed by atoms with Gasteiger partial charge in [-0.25, -0.2) is 0 Å². The van der Waals surface area contributed by atoms with Crippen molar-refractivity contribution >= 4 is 109 Å². The zero-order valence-corrected chi connectivity index (χ0v) is 64.0. The van der Waals surface area contributed by atoms with E-state index in [0.29, 0.717) is 0 Å². The lowest BCUT2D eigenvalue weighted by Gasteiger charge is -2.28. The maximum Gasteiger partial charge on any atom is 0.143 e. The van der Waals surface area contributed by atoms with Crippen molar-refractivity contribution in [2.75, 3.05) is 9.80 Å². The monoisotopic (exact) mass is 1460 g/mol. The van der Waals surface area contributed by atoms with Gasteiger partial charge in [0.15, 0.2) is 0 Å². The highest BCUT2D eigenvalue weighted by molar-refractivity contribution is 7.26. The molecule has 0 bridgehead atoms. The van der Waals surface area contributed by atoms with Crippen LogP contribution in [0.3, 0.4) is 0 Å². The summed E-state index contributed by atoms with van der Waals surface area (Å²) < 4.78 is 11.6. The molecule has 0 radical (unpaired) electrons. The average molecular weight is 1460 g/mol. The van der Waals surface area contributed by atoms with Crippen molar-refractivity contribution in [2.45, 2.75) is 38.5 Å². The van der Waals surface area contributed by atoms with Gasteiger partial charge in [-0.15, -0.1) is 11.3 Å². The molecule has 17 aromatic carbocycles. The molecule has 22 rings (SSSR count). The minimum atomic E-state index is -0.153. The van der Waals surface area contributed by atoms with E-state index in [1.165, 1.54) is 159 Å². The van der Waals surface area contributed by atoms with Crippen molar-refractivity contribution < 1.29 is 4.42 Å². The van der Waals surface area contributed by atoms with Gasteiger partial charge in [-0.3, -0.25) is 0 Å². The molecule has 0 spiro atoms. The molecule has 0 unspecified atom stereocenters. The Labute approximate surface area is 662 Å². The van der Waals surface area contributed by atoms with Crippen LogP contribution in [0.1, 0.15) is 49.9 Å². The van der Waals surface area contributed by atoms with Crippen LogP contribution in [-0.4, -0.2) is 4.57 Å². The van der Waals surface area contributed by atoms with Crippen molar-refractivity contribution in [1.29, 1.82) is 0 Å². The molecule has 0 saturated heterocycles. The first-order valence-electron chi connectivity index (χ1n) is 39.1. The summed E-state index contributed by atoms with van der Waals surface area (Å²) in [6.45, 7) is 9.46. The minimum absolute atomic E-state index is 0.150. The van der Waals surface area contributed by atoms with Gasteiger partial charge in [-0.2, -0.15) is 0 Å². The fourth-order valence-corrected chi connectivity index (χ4v) is 19.4. The maximum atomic E-state index is 6.52. The minimum Gasteiger partial charge on any atom is -0.455 e. The van der Waals surface area contributed by atoms with Crippen LogP contribution in [0.15, 0.2) is 399 Å². The van der Waals surface area contributed by atoms with Crippen molar-refractivity contribution in [2.24, 2.45) is 0 Å². The molecule has 3 heterocycles. The smallest absolute Gasteiger partial charge is 0.143 e. The molecule has 5 heteroatoms. The maximum absolute atomic E-state index is 6.52. The van der Waals surface area contributed by atoms with E-state index in [0.717, 1.165) is 45.3 Å². The van der Waals surface area contributed by atoms with E-state index in [1.807, 2.05) is 17.4 Å². The summed E-state index contributed by atoms with van der Waals surface area (Å²) in [4.78, 5) is 4.76. The fraction of sp³-hybridized carbons (Fsp3) is 0.0556. The third-order valence-electron chi connectivity index (χ3n) is 23.9. The van der Waals surface area contributed by atoms with E-state index in [4.69, 9.17) is 4.42 Å². The largest absolute Gasteiger partial charge is 0.455 e. The summed E-state index contributed by atoms with van der Waals surface area (Å²) >= 11 is 1.92. The number of nitrogens with zero attached hydrogens (tertiary/aromatic N) is 3. The molecule has 2 aliphatic rings. The second-order valence-corrected chi connectivity index (χ2v) is 32.1. The van der Waals surface area contributed by atoms with Gasteiger partial charge in [-0.1, -0.05) is 301 Å². The number of anilines is 6. The van der Waals surface area contributed by atoms with Gasteiger partial charge in [-0.05, 0) is 210 Å². The summed E-state index contributed by atoms with van der Waals surface area (Å²) in [5, 5.41) is 7.55. The van der Waals surface area contributed by atoms with Crippen LogP contribution in [-0.2, 0) is 10.8 Å². The molecule has 3 aromatic heterocycles. The standard InChI is InChI=1S/C57H40N2S.C51H37NO/c1-57(2)50-33-32-47-46-18-10-12-20-54(46)60-56(47)55(50)48-31-30-44(36-51(48)57)58(42-26-21-38(22-27-42)37-13-5-3-6-14-37)43-28-23-39(24-29-43)40-25-34-53-49(35-40)45-17-9-11-19-52(45)59(53)41-15-7-4-8-16-41;1-51(2)46-32-31-44-43-15-9-10-16-48(43)53-50(44)49(46)45-30-23-39(33-47(45)51)38-21-28-42(29-22-38)52(40-24-17-36(18-25-40)34-11-5-3-6-12-34)41-26-19-37(20-27-41)35-13-7-4-8-14-35/h3-36H,1-2H3;3-33H,1-2H3. The van der Waals surface area contributed by atoms with E-state index in [1.54, 1.807) is 0 Å². The zero-order chi connectivity index (χ0) is 75.5. The number of fused-ring (bicyclic) bond motifs is 17. The Balaban J connectivity index is 0.000000143. The molecule has 20 aromatic rings. The number of furan rings is 1. The van der Waals surface area contributed by atoms with Gasteiger partial charge in [0.25, 0.3) is 0 Å². The number of hydrogen-bond donors (Lipinski definition) is 0. The number of benzene rings is 17. The van der Waals surface area contributed by atoms with Crippen LogP contribution in [0.4, 0.5) is 34.1 Å². The number of para-hydroxylation sites is 3. The van der Waals surface area contributed by atoms with Gasteiger partial charge in [0.05, 0.1) is 11.0 Å². The van der Waals surface area contributed by atoms with Gasteiger partial charge < -0.3 is 18.8 Å². The van der Waals surface area contributed by atoms with Crippen LogP contribution in [0.5, 0.6) is 0 Å². The average Bonchev–Trinajstić information content (AvgIpc) is 1.56. The molecule has 0 aliphatic heterocycles. The lowest BCUT2D eigenvalue weighted by Crippen LogP contribution is -2.16. The van der Waals surface area contributed by atoms with Crippen molar-refractivity contribution in [3.63, 3.8) is 0 Å². The lowest BCUT2D eigenvalue weighted by molar-refractivity contribution is 0.653. The van der Waals surface area contributed by atoms with E-state index < -0.39 is 0 Å². The quantitative estimate of drug-likeness (QED) is 0.122. The van der Waals surface area contributed by atoms with Crippen LogP contribution >= 0.6 is 11.3 Å². The highest BCUT2D eigenvalue weighted by atomic mass is 32.1. The fourth-order valence-electron chi connectivity index (χ4n) is 18.1. The summed E-state index contributed by atoms with van der Waals surface area (Å²) in [5.74, 6) is 0. The Morgan fingerprint density at radius 2 is 0.637 bits per heavy atom. The summed E-state index contributed by atoms with van der Waals surface area (Å²) in [5.41, 5.74) is 34.6. The van der Waals surface area contributed by atoms with E-state index in [9.17, 15) is 0 Å². The molecule has 2 aliphatic carbocycles. The second kappa shape index (κ2) is 27.0. The van der Waals surface area contributed by atoms with Crippen LogP contribution in [0, 0.1) is 0 Å². The Kier molecular flexibility index (Phi) is 16.1. The van der Waals surface area contributed by atoms with Crippen LogP contribution < -0.4 is 9.80 Å². The van der Waals surface area contributed by atoms with Crippen molar-refractivity contribution in [1.82, 2.24) is 4.57 Å². The molecule has 0 amide bonds. The Morgan fingerprint density at radius 1 is 0.257 bits per heavy atom. The summed E-state index contributed by atoms with van der Waals surface area (Å²) in [7, 11) is 0. The highest BCUT2D eigenvalue weighted by Crippen LogP contribution is 2.57. The lowest BCUT2D eigenvalue weighted by atomic mass is 9.81. The number of hydrogen-bond acceptors (Lipinski definition) is 4. The first-order valence-corrected chi connectivity index (χ1v) is 39.9. The van der Waals surface area contributed by atoms with E-state index >= 15 is 0 Å². The van der Waals surface area contributed by atoms with E-state index in [-0.39, 0.29) is 10.8 Å². The van der Waals surface area contributed by atoms with E-state index in [2.05, 4.69) is 430 Å². The Bertz CT molecular complexity index is 6960. The molecule has 0 N–H and O–H groups in total. The molecule has 113 heavy (non-hydrogen) atoms. The summed E-state index contributed by atoms with van der Waals surface area (Å²) in [6.07, 6.45) is 0. The van der Waals surface area contributed by atoms with Crippen molar-refractivity contribution in [3.05, 3.63) is 417 Å². The Hall–Kier alpha value is -13.8. The first-order chi connectivity index (χ1) is 55.5. The van der Waals surface area contributed by atoms with Gasteiger partial charge >= 0.3 is 0 Å². The highest BCUT2D eigenvalue weighted by Gasteiger charge is 2.40. The molecular formula is C108H77N3OS. The molecule has 4 nitrogen and oxygen atoms in total.